The predicted molar refractivity (Wildman–Crippen MR) is 125 cm³/mol. The van der Waals surface area contributed by atoms with Gasteiger partial charge in [0.2, 0.25) is 5.91 Å². The van der Waals surface area contributed by atoms with E-state index in [0.717, 1.165) is 11.1 Å². The molecule has 0 saturated carbocycles. The lowest BCUT2D eigenvalue weighted by Crippen LogP contribution is -2.15. The normalized spacial score (nSPS) is 10.5. The number of nitrogens with one attached hydrogen (secondary N) is 2. The number of carboxylic acids is 1. The molecule has 0 radical (unpaired) electrons. The number of hydrogen-bond acceptors (Lipinski definition) is 6. The van der Waals surface area contributed by atoms with Gasteiger partial charge in [0.1, 0.15) is 0 Å². The number of aryl methyl sites for hydroxylation is 1. The maximum Gasteiger partial charge on any atom is 0.337 e. The molecule has 3 aromatic carbocycles. The van der Waals surface area contributed by atoms with Crippen LogP contribution in [0, 0.1) is 18.3 Å². The van der Waals surface area contributed by atoms with Gasteiger partial charge in [-0.2, -0.15) is 5.26 Å². The van der Waals surface area contributed by atoms with Crippen molar-refractivity contribution in [1.29, 1.82) is 5.26 Å². The van der Waals surface area contributed by atoms with E-state index in [9.17, 15) is 19.5 Å². The molecule has 2 amide bonds. The van der Waals surface area contributed by atoms with Gasteiger partial charge in [0, 0.05) is 18.6 Å². The number of carbonyl (C=O) groups is 3. The van der Waals surface area contributed by atoms with E-state index < -0.39 is 11.9 Å². The number of anilines is 2. The Bertz CT molecular complexity index is 1510. The van der Waals surface area contributed by atoms with Crippen LogP contribution in [0.15, 0.2) is 59.1 Å². The summed E-state index contributed by atoms with van der Waals surface area (Å²) in [6.45, 7) is 3.32. The SMILES string of the molecule is CC(=O)Nc1cc2onc(C(=O)Nc3ccc(C#N)cc3C(=O)O)c2cc1-c1ccccc1C. The average Bonchev–Trinajstić information content (AvgIpc) is 3.21. The second-order valence-electron chi connectivity index (χ2n) is 7.55. The molecule has 168 valence electrons. The van der Waals surface area contributed by atoms with E-state index in [1.165, 1.54) is 25.1 Å². The van der Waals surface area contributed by atoms with E-state index in [1.54, 1.807) is 12.1 Å². The average molecular weight is 454 g/mol. The van der Waals surface area contributed by atoms with Gasteiger partial charge in [-0.05, 0) is 42.3 Å². The summed E-state index contributed by atoms with van der Waals surface area (Å²) in [5.74, 6) is -2.25. The van der Waals surface area contributed by atoms with Crippen LogP contribution in [0.5, 0.6) is 0 Å². The van der Waals surface area contributed by atoms with Gasteiger partial charge >= 0.3 is 5.97 Å². The number of fused-ring (bicyclic) bond motifs is 1. The van der Waals surface area contributed by atoms with Gasteiger partial charge in [-0.15, -0.1) is 0 Å². The first-order valence-electron chi connectivity index (χ1n) is 10.1. The number of nitrogens with zero attached hydrogens (tertiary/aromatic N) is 2. The van der Waals surface area contributed by atoms with Crippen LogP contribution in [0.4, 0.5) is 11.4 Å². The highest BCUT2D eigenvalue weighted by Gasteiger charge is 2.22. The molecule has 9 heteroatoms. The van der Waals surface area contributed by atoms with E-state index >= 15 is 0 Å². The number of benzene rings is 3. The van der Waals surface area contributed by atoms with E-state index in [0.29, 0.717) is 16.6 Å². The summed E-state index contributed by atoms with van der Waals surface area (Å²) in [6.07, 6.45) is 0. The lowest BCUT2D eigenvalue weighted by Gasteiger charge is -2.13. The fourth-order valence-corrected chi connectivity index (χ4v) is 3.62. The van der Waals surface area contributed by atoms with Crippen molar-refractivity contribution in [2.75, 3.05) is 10.6 Å². The fraction of sp³-hybridized carbons (Fsp3) is 0.0800. The number of aromatic nitrogens is 1. The zero-order chi connectivity index (χ0) is 24.4. The van der Waals surface area contributed by atoms with Crippen molar-refractivity contribution in [2.24, 2.45) is 0 Å². The summed E-state index contributed by atoms with van der Waals surface area (Å²) >= 11 is 0. The number of rotatable bonds is 5. The molecule has 0 spiro atoms. The van der Waals surface area contributed by atoms with Crippen LogP contribution in [0.1, 0.15) is 38.9 Å². The van der Waals surface area contributed by atoms with Gasteiger partial charge in [-0.25, -0.2) is 4.79 Å². The minimum atomic E-state index is -1.29. The number of carbonyl (C=O) groups excluding carboxylic acids is 2. The van der Waals surface area contributed by atoms with Crippen LogP contribution in [0.25, 0.3) is 22.1 Å². The van der Waals surface area contributed by atoms with Gasteiger partial charge in [-0.3, -0.25) is 9.59 Å². The molecule has 4 aromatic rings. The molecule has 0 fully saturated rings. The van der Waals surface area contributed by atoms with Gasteiger partial charge in [0.05, 0.1) is 34.0 Å². The number of carboxylic acid groups (broad SMARTS) is 1. The monoisotopic (exact) mass is 454 g/mol. The molecule has 0 saturated heterocycles. The third-order valence-corrected chi connectivity index (χ3v) is 5.20. The number of amides is 2. The molecular weight excluding hydrogens is 436 g/mol. The van der Waals surface area contributed by atoms with Crippen LogP contribution < -0.4 is 10.6 Å². The van der Waals surface area contributed by atoms with Crippen molar-refractivity contribution in [3.8, 4) is 17.2 Å². The van der Waals surface area contributed by atoms with E-state index in [1.807, 2.05) is 37.3 Å². The van der Waals surface area contributed by atoms with Gasteiger partial charge in [0.25, 0.3) is 5.91 Å². The van der Waals surface area contributed by atoms with Gasteiger partial charge in [0.15, 0.2) is 11.3 Å². The Morgan fingerprint density at radius 2 is 1.76 bits per heavy atom. The highest BCUT2D eigenvalue weighted by molar-refractivity contribution is 6.14. The van der Waals surface area contributed by atoms with Gasteiger partial charge < -0.3 is 20.3 Å². The lowest BCUT2D eigenvalue weighted by molar-refractivity contribution is -0.114. The molecule has 0 unspecified atom stereocenters. The maximum absolute atomic E-state index is 13.0. The first-order valence-corrected chi connectivity index (χ1v) is 10.1. The highest BCUT2D eigenvalue weighted by atomic mass is 16.5. The molecule has 1 aromatic heterocycles. The Balaban J connectivity index is 1.81. The molecule has 4 rings (SSSR count). The molecule has 9 nitrogen and oxygen atoms in total. The summed E-state index contributed by atoms with van der Waals surface area (Å²) in [5.41, 5.74) is 3.12. The summed E-state index contributed by atoms with van der Waals surface area (Å²) in [7, 11) is 0. The third kappa shape index (κ3) is 4.20. The molecular formula is C25H18N4O5. The summed E-state index contributed by atoms with van der Waals surface area (Å²) in [6, 6.07) is 16.7. The first-order chi connectivity index (χ1) is 16.3. The quantitative estimate of drug-likeness (QED) is 0.400. The Hall–Kier alpha value is -4.97. The van der Waals surface area contributed by atoms with Crippen LogP contribution in [0.3, 0.4) is 0 Å². The second-order valence-corrected chi connectivity index (χ2v) is 7.55. The topological polar surface area (TPSA) is 145 Å². The first kappa shape index (κ1) is 22.2. The minimum Gasteiger partial charge on any atom is -0.478 e. The molecule has 34 heavy (non-hydrogen) atoms. The Morgan fingerprint density at radius 3 is 2.44 bits per heavy atom. The van der Waals surface area contributed by atoms with Crippen molar-refractivity contribution in [2.45, 2.75) is 13.8 Å². The Kier molecular flexibility index (Phi) is 5.80. The molecule has 0 aliphatic rings. The smallest absolute Gasteiger partial charge is 0.337 e. The van der Waals surface area contributed by atoms with Crippen molar-refractivity contribution in [1.82, 2.24) is 5.16 Å². The summed E-state index contributed by atoms with van der Waals surface area (Å²) in [4.78, 5) is 36.4. The van der Waals surface area contributed by atoms with E-state index in [-0.39, 0.29) is 34.0 Å². The summed E-state index contributed by atoms with van der Waals surface area (Å²) in [5, 5.41) is 28.1. The fourth-order valence-electron chi connectivity index (χ4n) is 3.62. The van der Waals surface area contributed by atoms with Crippen molar-refractivity contribution >= 4 is 40.1 Å². The summed E-state index contributed by atoms with van der Waals surface area (Å²) < 4.78 is 5.34. The molecule has 0 atom stereocenters. The van der Waals surface area contributed by atoms with Crippen LogP contribution in [0.2, 0.25) is 0 Å². The lowest BCUT2D eigenvalue weighted by atomic mass is 9.97. The van der Waals surface area contributed by atoms with Crippen LogP contribution in [-0.4, -0.2) is 28.0 Å². The molecule has 0 bridgehead atoms. The Morgan fingerprint density at radius 1 is 1.00 bits per heavy atom. The number of hydrogen-bond donors (Lipinski definition) is 3. The zero-order valence-corrected chi connectivity index (χ0v) is 18.2. The highest BCUT2D eigenvalue weighted by Crippen LogP contribution is 2.36. The molecule has 3 N–H and O–H groups in total. The zero-order valence-electron chi connectivity index (χ0n) is 18.2. The van der Waals surface area contributed by atoms with E-state index in [2.05, 4.69) is 15.8 Å². The van der Waals surface area contributed by atoms with E-state index in [4.69, 9.17) is 9.78 Å². The Labute approximate surface area is 193 Å². The molecule has 0 aliphatic carbocycles. The van der Waals surface area contributed by atoms with Crippen LogP contribution >= 0.6 is 0 Å². The third-order valence-electron chi connectivity index (χ3n) is 5.20. The van der Waals surface area contributed by atoms with Crippen molar-refractivity contribution < 1.29 is 24.0 Å². The molecule has 0 aliphatic heterocycles. The van der Waals surface area contributed by atoms with Gasteiger partial charge in [-0.1, -0.05) is 29.4 Å². The maximum atomic E-state index is 13.0. The predicted octanol–water partition coefficient (Wildman–Crippen LogP) is 4.58. The van der Waals surface area contributed by atoms with Crippen LogP contribution in [-0.2, 0) is 4.79 Å². The van der Waals surface area contributed by atoms with Crippen molar-refractivity contribution in [3.63, 3.8) is 0 Å². The second kappa shape index (κ2) is 8.88. The largest absolute Gasteiger partial charge is 0.478 e. The number of nitriles is 1. The van der Waals surface area contributed by atoms with Crippen molar-refractivity contribution in [3.05, 3.63) is 77.0 Å². The standard InChI is InChI=1S/C25H18N4O5/c1-13-5-3-4-6-16(13)17-10-19-22(11-21(17)27-14(2)30)34-29-23(19)24(31)28-20-8-7-15(12-26)9-18(20)25(32)33/h3-11H,1-2H3,(H,27,30)(H,28,31)(H,32,33). The minimum absolute atomic E-state index is 0.0154. The number of aromatic carboxylic acids is 1. The molecule has 1 heterocycles.